The zero-order chi connectivity index (χ0) is 14.0. The lowest BCUT2D eigenvalue weighted by molar-refractivity contribution is 0.0191. The maximum absolute atomic E-state index is 5.63. The fraction of sp³-hybridized carbons (Fsp3) is 0.933. The van der Waals surface area contributed by atoms with Crippen molar-refractivity contribution in [3.8, 4) is 0 Å². The Morgan fingerprint density at radius 2 is 2.00 bits per heavy atom. The zero-order valence-corrected chi connectivity index (χ0v) is 15.4. The Morgan fingerprint density at radius 1 is 1.19 bits per heavy atom. The van der Waals surface area contributed by atoms with E-state index in [-0.39, 0.29) is 24.0 Å². The molecule has 124 valence electrons. The summed E-state index contributed by atoms with van der Waals surface area (Å²) in [5.74, 6) is 0.901. The van der Waals surface area contributed by atoms with Gasteiger partial charge in [-0.3, -0.25) is 4.99 Å². The summed E-state index contributed by atoms with van der Waals surface area (Å²) in [6.07, 6.45) is 9.18. The van der Waals surface area contributed by atoms with E-state index < -0.39 is 0 Å². The molecule has 5 nitrogen and oxygen atoms in total. The van der Waals surface area contributed by atoms with Gasteiger partial charge in [0.15, 0.2) is 5.96 Å². The lowest BCUT2D eigenvalue weighted by atomic mass is 9.96. The lowest BCUT2D eigenvalue weighted by Crippen LogP contribution is -2.45. The van der Waals surface area contributed by atoms with Gasteiger partial charge in [-0.1, -0.05) is 19.3 Å². The lowest BCUT2D eigenvalue weighted by Gasteiger charge is -2.24. The molecule has 1 heterocycles. The Bertz CT molecular complexity index is 291. The summed E-state index contributed by atoms with van der Waals surface area (Å²) in [5.41, 5.74) is 0. The quantitative estimate of drug-likeness (QED) is 0.305. The summed E-state index contributed by atoms with van der Waals surface area (Å²) < 4.78 is 11.2. The third-order valence-electron chi connectivity index (χ3n) is 4.04. The minimum absolute atomic E-state index is 0. The first-order chi connectivity index (χ1) is 9.88. The molecule has 1 aliphatic heterocycles. The van der Waals surface area contributed by atoms with Crippen molar-refractivity contribution in [2.75, 3.05) is 33.4 Å². The Balaban J connectivity index is 0.00000220. The van der Waals surface area contributed by atoms with Crippen molar-refractivity contribution >= 4 is 29.9 Å². The number of aliphatic imine (C=N–C) groups is 1. The standard InChI is InChI=1S/C15H29N3O2.HI/c1-16-15(18-13-6-3-2-4-7-13)17-9-11-19-12-14-8-5-10-20-14;/h13-14H,2-12H2,1H3,(H2,16,17,18);1H. The minimum Gasteiger partial charge on any atom is -0.377 e. The largest absolute Gasteiger partial charge is 0.377 e. The molecule has 1 saturated heterocycles. The number of nitrogens with zero attached hydrogens (tertiary/aromatic N) is 1. The maximum Gasteiger partial charge on any atom is 0.191 e. The van der Waals surface area contributed by atoms with E-state index in [1.165, 1.54) is 38.5 Å². The number of rotatable bonds is 6. The molecular formula is C15H30IN3O2. The van der Waals surface area contributed by atoms with Gasteiger partial charge in [0.1, 0.15) is 0 Å². The molecule has 0 amide bonds. The molecule has 6 heteroatoms. The second kappa shape index (κ2) is 11.5. The van der Waals surface area contributed by atoms with Crippen LogP contribution < -0.4 is 10.6 Å². The van der Waals surface area contributed by atoms with Crippen LogP contribution in [0.4, 0.5) is 0 Å². The van der Waals surface area contributed by atoms with Crippen molar-refractivity contribution in [3.05, 3.63) is 0 Å². The normalized spacial score (nSPS) is 23.7. The second-order valence-corrected chi connectivity index (χ2v) is 5.69. The molecule has 1 saturated carbocycles. The van der Waals surface area contributed by atoms with Gasteiger partial charge in [0, 0.05) is 26.2 Å². The first-order valence-electron chi connectivity index (χ1n) is 8.05. The molecule has 2 N–H and O–H groups in total. The first kappa shape index (κ1) is 19.0. The third kappa shape index (κ3) is 7.65. The molecule has 2 rings (SSSR count). The third-order valence-corrected chi connectivity index (χ3v) is 4.04. The second-order valence-electron chi connectivity index (χ2n) is 5.69. The van der Waals surface area contributed by atoms with Crippen LogP contribution in [0.5, 0.6) is 0 Å². The van der Waals surface area contributed by atoms with Crippen molar-refractivity contribution in [1.82, 2.24) is 10.6 Å². The number of hydrogen-bond acceptors (Lipinski definition) is 3. The van der Waals surface area contributed by atoms with E-state index in [0.717, 1.165) is 32.1 Å². The summed E-state index contributed by atoms with van der Waals surface area (Å²) in [6, 6.07) is 0.586. The number of halogens is 1. The minimum atomic E-state index is 0. The number of guanidine groups is 1. The predicted octanol–water partition coefficient (Wildman–Crippen LogP) is 2.30. The van der Waals surface area contributed by atoms with Crippen LogP contribution in [0, 0.1) is 0 Å². The van der Waals surface area contributed by atoms with Crippen molar-refractivity contribution in [2.45, 2.75) is 57.1 Å². The van der Waals surface area contributed by atoms with Crippen LogP contribution in [0.1, 0.15) is 44.9 Å². The van der Waals surface area contributed by atoms with E-state index in [9.17, 15) is 0 Å². The van der Waals surface area contributed by atoms with Gasteiger partial charge in [0.05, 0.1) is 19.3 Å². The average molecular weight is 411 g/mol. The van der Waals surface area contributed by atoms with Gasteiger partial charge < -0.3 is 20.1 Å². The van der Waals surface area contributed by atoms with Crippen molar-refractivity contribution < 1.29 is 9.47 Å². The fourth-order valence-corrected chi connectivity index (χ4v) is 2.87. The molecule has 21 heavy (non-hydrogen) atoms. The number of nitrogens with one attached hydrogen (secondary N) is 2. The summed E-state index contributed by atoms with van der Waals surface area (Å²) in [6.45, 7) is 3.10. The van der Waals surface area contributed by atoms with Gasteiger partial charge in [-0.2, -0.15) is 0 Å². The highest BCUT2D eigenvalue weighted by molar-refractivity contribution is 14.0. The SMILES string of the molecule is CN=C(NCCOCC1CCCO1)NC1CCCCC1.I. The van der Waals surface area contributed by atoms with E-state index >= 15 is 0 Å². The van der Waals surface area contributed by atoms with Crippen LogP contribution in [-0.4, -0.2) is 51.5 Å². The topological polar surface area (TPSA) is 54.9 Å². The van der Waals surface area contributed by atoms with E-state index in [1.807, 2.05) is 7.05 Å². The highest BCUT2D eigenvalue weighted by atomic mass is 127. The number of ether oxygens (including phenoxy) is 2. The van der Waals surface area contributed by atoms with E-state index in [0.29, 0.717) is 18.8 Å². The smallest absolute Gasteiger partial charge is 0.191 e. The molecular weight excluding hydrogens is 381 g/mol. The van der Waals surface area contributed by atoms with Gasteiger partial charge in [-0.15, -0.1) is 24.0 Å². The Labute approximate surface area is 145 Å². The van der Waals surface area contributed by atoms with Crippen molar-refractivity contribution in [1.29, 1.82) is 0 Å². The predicted molar refractivity (Wildman–Crippen MR) is 96.6 cm³/mol. The van der Waals surface area contributed by atoms with Gasteiger partial charge in [0.25, 0.3) is 0 Å². The molecule has 2 aliphatic rings. The van der Waals surface area contributed by atoms with Gasteiger partial charge in [-0.05, 0) is 25.7 Å². The van der Waals surface area contributed by atoms with Crippen LogP contribution in [-0.2, 0) is 9.47 Å². The molecule has 0 radical (unpaired) electrons. The van der Waals surface area contributed by atoms with Crippen molar-refractivity contribution in [2.24, 2.45) is 4.99 Å². The Kier molecular flexibility index (Phi) is 10.4. The molecule has 2 fully saturated rings. The highest BCUT2D eigenvalue weighted by Gasteiger charge is 2.15. The van der Waals surface area contributed by atoms with Crippen LogP contribution in [0.2, 0.25) is 0 Å². The van der Waals surface area contributed by atoms with E-state index in [4.69, 9.17) is 9.47 Å². The van der Waals surface area contributed by atoms with Crippen LogP contribution in [0.25, 0.3) is 0 Å². The summed E-state index contributed by atoms with van der Waals surface area (Å²) in [5, 5.41) is 6.81. The summed E-state index contributed by atoms with van der Waals surface area (Å²) >= 11 is 0. The van der Waals surface area contributed by atoms with Crippen LogP contribution in [0.15, 0.2) is 4.99 Å². The molecule has 1 aliphatic carbocycles. The number of hydrogen-bond donors (Lipinski definition) is 2. The Morgan fingerprint density at radius 3 is 2.67 bits per heavy atom. The van der Waals surface area contributed by atoms with Crippen LogP contribution in [0.3, 0.4) is 0 Å². The molecule has 0 spiro atoms. The average Bonchev–Trinajstić information content (AvgIpc) is 3.00. The van der Waals surface area contributed by atoms with E-state index in [1.54, 1.807) is 0 Å². The molecule has 0 aromatic carbocycles. The maximum atomic E-state index is 5.63. The van der Waals surface area contributed by atoms with Crippen LogP contribution >= 0.6 is 24.0 Å². The van der Waals surface area contributed by atoms with Gasteiger partial charge in [-0.25, -0.2) is 0 Å². The molecule has 1 atom stereocenters. The van der Waals surface area contributed by atoms with Gasteiger partial charge >= 0.3 is 0 Å². The first-order valence-corrected chi connectivity index (χ1v) is 8.05. The van der Waals surface area contributed by atoms with E-state index in [2.05, 4.69) is 15.6 Å². The summed E-state index contributed by atoms with van der Waals surface area (Å²) in [4.78, 5) is 4.27. The fourth-order valence-electron chi connectivity index (χ4n) is 2.87. The summed E-state index contributed by atoms with van der Waals surface area (Å²) in [7, 11) is 1.82. The highest BCUT2D eigenvalue weighted by Crippen LogP contribution is 2.17. The molecule has 1 unspecified atom stereocenters. The zero-order valence-electron chi connectivity index (χ0n) is 13.1. The molecule has 0 aromatic heterocycles. The van der Waals surface area contributed by atoms with Gasteiger partial charge in [0.2, 0.25) is 0 Å². The molecule has 0 bridgehead atoms. The molecule has 0 aromatic rings. The monoisotopic (exact) mass is 411 g/mol. The van der Waals surface area contributed by atoms with Crippen molar-refractivity contribution in [3.63, 3.8) is 0 Å². The Hall–Kier alpha value is -0.0800.